The molecule has 0 fully saturated rings. The fraction of sp³-hybridized carbons (Fsp3) is 0.867. The average Bonchev–Trinajstić information content (AvgIpc) is 2.30. The van der Waals surface area contributed by atoms with Crippen LogP contribution in [0.25, 0.3) is 0 Å². The average molecular weight is 524 g/mol. The number of unbranched alkanes of at least 4 members (excludes halogenated alkanes) is 1. The highest BCUT2D eigenvalue weighted by Crippen LogP contribution is 2.36. The van der Waals surface area contributed by atoms with Gasteiger partial charge in [0, 0.05) is 15.3 Å². The first-order valence-electron chi connectivity index (χ1n) is 7.28. The molecule has 1 atom stereocenters. The first kappa shape index (κ1) is 21.3. The third-order valence-electron chi connectivity index (χ3n) is 4.06. The van der Waals surface area contributed by atoms with Crippen molar-refractivity contribution in [2.75, 3.05) is 13.7 Å². The molecule has 0 spiro atoms. The molecule has 0 aromatic heterocycles. The van der Waals surface area contributed by atoms with E-state index in [1.165, 1.54) is 8.01 Å². The highest BCUT2D eigenvalue weighted by atomic mass is 127. The van der Waals surface area contributed by atoms with Gasteiger partial charge < -0.3 is 9.16 Å². The van der Waals surface area contributed by atoms with Gasteiger partial charge in [0.15, 0.2) is 8.32 Å². The Hall–Kier alpha value is 1.34. The Morgan fingerprint density at radius 1 is 1.20 bits per heavy atom. The number of halogens is 2. The lowest BCUT2D eigenvalue weighted by Gasteiger charge is -2.36. The normalized spacial score (nSPS) is 14.2. The molecule has 0 aromatic carbocycles. The summed E-state index contributed by atoms with van der Waals surface area (Å²) < 4.78 is 13.0. The van der Waals surface area contributed by atoms with Gasteiger partial charge in [0.05, 0.1) is 6.10 Å². The van der Waals surface area contributed by atoms with Crippen LogP contribution in [0.5, 0.6) is 0 Å². The first-order valence-corrected chi connectivity index (χ1v) is 12.3. The predicted molar refractivity (Wildman–Crippen MR) is 109 cm³/mol. The number of methoxy groups -OCH3 is 1. The summed E-state index contributed by atoms with van der Waals surface area (Å²) in [4.78, 5) is 0. The largest absolute Gasteiger partial charge is 0.417 e. The highest BCUT2D eigenvalue weighted by Gasteiger charge is 2.36. The van der Waals surface area contributed by atoms with E-state index in [2.05, 4.69) is 85.1 Å². The summed E-state index contributed by atoms with van der Waals surface area (Å²) >= 11 is 4.67. The van der Waals surface area contributed by atoms with E-state index in [0.29, 0.717) is 11.1 Å². The van der Waals surface area contributed by atoms with Crippen molar-refractivity contribution in [3.05, 3.63) is 7.66 Å². The third-order valence-corrected chi connectivity index (χ3v) is 9.48. The second-order valence-electron chi connectivity index (χ2n) is 6.69. The monoisotopic (exact) mass is 524 g/mol. The van der Waals surface area contributed by atoms with Crippen LogP contribution in [0.15, 0.2) is 7.66 Å². The number of rotatable bonds is 9. The van der Waals surface area contributed by atoms with E-state index in [1.807, 2.05) is 7.11 Å². The summed E-state index contributed by atoms with van der Waals surface area (Å²) in [5.74, 6) is 0. The maximum Gasteiger partial charge on any atom is 0.191 e. The minimum absolute atomic E-state index is 0.309. The number of hydrogen-bond acceptors (Lipinski definition) is 2. The topological polar surface area (TPSA) is 18.5 Å². The van der Waals surface area contributed by atoms with Crippen molar-refractivity contribution < 1.29 is 9.16 Å². The molecule has 0 heterocycles. The van der Waals surface area contributed by atoms with Crippen LogP contribution in [0.2, 0.25) is 18.1 Å². The molecule has 0 bridgehead atoms. The van der Waals surface area contributed by atoms with E-state index >= 15 is 0 Å². The van der Waals surface area contributed by atoms with Gasteiger partial charge in [-0.1, -0.05) is 26.8 Å². The van der Waals surface area contributed by atoms with Gasteiger partial charge in [-0.15, -0.1) is 0 Å². The molecule has 0 saturated heterocycles. The Balaban J connectivity index is 3.88. The molecule has 0 aliphatic carbocycles. The Labute approximate surface area is 153 Å². The van der Waals surface area contributed by atoms with Gasteiger partial charge >= 0.3 is 0 Å². The Morgan fingerprint density at radius 3 is 2.25 bits per heavy atom. The number of ether oxygens (including phenoxy) is 1. The SMILES string of the molecule is CO[C@H](CC=C(I)I)CCCCO[Si](C)(C)C(C)(C)C. The molecule has 20 heavy (non-hydrogen) atoms. The quantitative estimate of drug-likeness (QED) is 0.201. The van der Waals surface area contributed by atoms with Crippen molar-refractivity contribution in [1.82, 2.24) is 0 Å². The van der Waals surface area contributed by atoms with Crippen LogP contribution in [-0.2, 0) is 9.16 Å². The molecule has 2 nitrogen and oxygen atoms in total. The van der Waals surface area contributed by atoms with Crippen molar-refractivity contribution in [2.24, 2.45) is 0 Å². The minimum atomic E-state index is -1.56. The fourth-order valence-corrected chi connectivity index (χ4v) is 3.17. The van der Waals surface area contributed by atoms with Gasteiger partial charge in [-0.2, -0.15) is 0 Å². The molecule has 0 radical (unpaired) electrons. The Kier molecular flexibility index (Phi) is 10.9. The summed E-state index contributed by atoms with van der Waals surface area (Å²) in [6.45, 7) is 12.4. The molecule has 0 rings (SSSR count). The zero-order valence-corrected chi connectivity index (χ0v) is 19.1. The lowest BCUT2D eigenvalue weighted by molar-refractivity contribution is 0.0940. The molecule has 0 unspecified atom stereocenters. The molecule has 0 aliphatic rings. The van der Waals surface area contributed by atoms with Gasteiger partial charge in [0.2, 0.25) is 0 Å². The van der Waals surface area contributed by atoms with Crippen LogP contribution in [0.3, 0.4) is 0 Å². The smallest absolute Gasteiger partial charge is 0.191 e. The van der Waals surface area contributed by atoms with E-state index in [0.717, 1.165) is 25.9 Å². The van der Waals surface area contributed by atoms with Crippen molar-refractivity contribution in [3.8, 4) is 0 Å². The van der Waals surface area contributed by atoms with Crippen LogP contribution in [-0.4, -0.2) is 28.1 Å². The molecular formula is C15H30I2O2Si. The summed E-state index contributed by atoms with van der Waals surface area (Å²) in [5.41, 5.74) is 0. The van der Waals surface area contributed by atoms with Crippen LogP contribution in [0.1, 0.15) is 46.5 Å². The van der Waals surface area contributed by atoms with E-state index in [-0.39, 0.29) is 0 Å². The van der Waals surface area contributed by atoms with Crippen LogP contribution in [0, 0.1) is 0 Å². The minimum Gasteiger partial charge on any atom is -0.417 e. The summed E-state index contributed by atoms with van der Waals surface area (Å²) in [6.07, 6.45) is 7.04. The van der Waals surface area contributed by atoms with Gasteiger partial charge in [0.25, 0.3) is 0 Å². The van der Waals surface area contributed by atoms with E-state index in [4.69, 9.17) is 9.16 Å². The molecule has 120 valence electrons. The van der Waals surface area contributed by atoms with E-state index in [9.17, 15) is 0 Å². The lowest BCUT2D eigenvalue weighted by Crippen LogP contribution is -2.40. The second-order valence-corrected chi connectivity index (χ2v) is 15.9. The standard InChI is InChI=1S/C15H30I2O2Si/c1-15(2,3)20(5,6)19-12-8-7-9-13(18-4)10-11-14(16)17/h11,13H,7-10,12H2,1-6H3/t13-/m0/s1. The molecule has 0 saturated carbocycles. The molecule has 0 aliphatic heterocycles. The summed E-state index contributed by atoms with van der Waals surface area (Å²) in [5, 5.41) is 0.309. The summed E-state index contributed by atoms with van der Waals surface area (Å²) in [7, 11) is 0.247. The molecule has 0 N–H and O–H groups in total. The zero-order chi connectivity index (χ0) is 15.8. The Bertz CT molecular complexity index is 295. The third kappa shape index (κ3) is 9.37. The van der Waals surface area contributed by atoms with E-state index < -0.39 is 8.32 Å². The second kappa shape index (κ2) is 10.2. The fourth-order valence-electron chi connectivity index (χ4n) is 1.57. The summed E-state index contributed by atoms with van der Waals surface area (Å²) in [6, 6.07) is 0. The van der Waals surface area contributed by atoms with Crippen molar-refractivity contribution in [2.45, 2.75) is 70.7 Å². The highest BCUT2D eigenvalue weighted by molar-refractivity contribution is 14.2. The molecule has 0 aromatic rings. The van der Waals surface area contributed by atoms with Crippen molar-refractivity contribution in [1.29, 1.82) is 0 Å². The first-order chi connectivity index (χ1) is 9.10. The molecule has 0 amide bonds. The predicted octanol–water partition coefficient (Wildman–Crippen LogP) is 6.30. The molecule has 5 heteroatoms. The maximum atomic E-state index is 6.19. The van der Waals surface area contributed by atoms with Crippen molar-refractivity contribution in [3.63, 3.8) is 0 Å². The molecular weight excluding hydrogens is 494 g/mol. The van der Waals surface area contributed by atoms with Crippen LogP contribution < -0.4 is 0 Å². The van der Waals surface area contributed by atoms with Gasteiger partial charge in [0.1, 0.15) is 0 Å². The van der Waals surface area contributed by atoms with Gasteiger partial charge in [-0.3, -0.25) is 0 Å². The van der Waals surface area contributed by atoms with Gasteiger partial charge in [-0.05, 0) is 89.0 Å². The lowest BCUT2D eigenvalue weighted by atomic mass is 10.1. The Morgan fingerprint density at radius 2 is 1.80 bits per heavy atom. The van der Waals surface area contributed by atoms with E-state index in [1.54, 1.807) is 0 Å². The zero-order valence-electron chi connectivity index (χ0n) is 13.8. The van der Waals surface area contributed by atoms with Crippen LogP contribution in [0.4, 0.5) is 0 Å². The van der Waals surface area contributed by atoms with Crippen molar-refractivity contribution >= 4 is 53.5 Å². The maximum absolute atomic E-state index is 6.19. The van der Waals surface area contributed by atoms with Crippen LogP contribution >= 0.6 is 45.2 Å². The van der Waals surface area contributed by atoms with Gasteiger partial charge in [-0.25, -0.2) is 0 Å². The number of hydrogen-bond donors (Lipinski definition) is 0.